The molecule has 0 aliphatic carbocycles. The third kappa shape index (κ3) is 2.90. The predicted octanol–water partition coefficient (Wildman–Crippen LogP) is -2.18. The second-order valence-corrected chi connectivity index (χ2v) is 3.68. The summed E-state index contributed by atoms with van der Waals surface area (Å²) in [6.07, 6.45) is -0.598. The zero-order valence-corrected chi connectivity index (χ0v) is 8.91. The number of β-amino-alcohol motifs (C(OH)–C–C–N with tert-alkyl or cyclic N) is 1. The number of carbonyl (C=O) groups excluding carboxylic acids is 2. The Hall–Kier alpha value is -1.14. The molecule has 1 heterocycles. The van der Waals surface area contributed by atoms with Crippen molar-refractivity contribution >= 4 is 11.8 Å². The van der Waals surface area contributed by atoms with Crippen molar-refractivity contribution in [3.8, 4) is 0 Å². The number of hydrogen-bond acceptors (Lipinski definition) is 4. The van der Waals surface area contributed by atoms with Gasteiger partial charge in [-0.15, -0.1) is 0 Å². The minimum absolute atomic E-state index is 0.270. The lowest BCUT2D eigenvalue weighted by molar-refractivity contribution is -0.129. The summed E-state index contributed by atoms with van der Waals surface area (Å²) in [7, 11) is 1.51. The minimum atomic E-state index is -0.669. The molecule has 6 nitrogen and oxygen atoms in total. The maximum Gasteiger partial charge on any atom is 0.242 e. The van der Waals surface area contributed by atoms with Crippen LogP contribution in [0, 0.1) is 5.92 Å². The molecule has 0 bridgehead atoms. The summed E-state index contributed by atoms with van der Waals surface area (Å²) in [4.78, 5) is 22.5. The van der Waals surface area contributed by atoms with Gasteiger partial charge in [0, 0.05) is 33.0 Å². The van der Waals surface area contributed by atoms with Gasteiger partial charge in [0.05, 0.1) is 6.10 Å². The second-order valence-electron chi connectivity index (χ2n) is 3.68. The number of rotatable bonds is 3. The highest BCUT2D eigenvalue weighted by atomic mass is 16.3. The van der Waals surface area contributed by atoms with Gasteiger partial charge in [-0.1, -0.05) is 0 Å². The summed E-state index contributed by atoms with van der Waals surface area (Å²) in [6, 6.07) is -0.669. The second kappa shape index (κ2) is 5.09. The van der Waals surface area contributed by atoms with Gasteiger partial charge in [0.1, 0.15) is 6.04 Å². The first-order chi connectivity index (χ1) is 7.06. The van der Waals surface area contributed by atoms with Crippen molar-refractivity contribution < 1.29 is 14.7 Å². The van der Waals surface area contributed by atoms with Gasteiger partial charge in [0.25, 0.3) is 0 Å². The smallest absolute Gasteiger partial charge is 0.242 e. The van der Waals surface area contributed by atoms with Crippen LogP contribution in [0.2, 0.25) is 0 Å². The maximum absolute atomic E-state index is 11.5. The lowest BCUT2D eigenvalue weighted by atomic mass is 9.95. The first-order valence-corrected chi connectivity index (χ1v) is 4.93. The van der Waals surface area contributed by atoms with Gasteiger partial charge in [-0.2, -0.15) is 0 Å². The number of hydrogen-bond donors (Lipinski definition) is 4. The highest BCUT2D eigenvalue weighted by Gasteiger charge is 2.36. The van der Waals surface area contributed by atoms with Crippen LogP contribution in [0.3, 0.4) is 0 Å². The molecular weight excluding hydrogens is 198 g/mol. The summed E-state index contributed by atoms with van der Waals surface area (Å²) in [6.45, 7) is 2.34. The molecule has 1 fully saturated rings. The van der Waals surface area contributed by atoms with Crippen molar-refractivity contribution in [2.45, 2.75) is 19.1 Å². The third-order valence-electron chi connectivity index (χ3n) is 2.54. The van der Waals surface area contributed by atoms with E-state index in [0.29, 0.717) is 13.1 Å². The Morgan fingerprint density at radius 3 is 2.53 bits per heavy atom. The van der Waals surface area contributed by atoms with Crippen LogP contribution < -0.4 is 16.0 Å². The molecule has 1 aliphatic rings. The number of amides is 2. The molecule has 4 N–H and O–H groups in total. The van der Waals surface area contributed by atoms with Crippen molar-refractivity contribution in [2.75, 3.05) is 20.1 Å². The Morgan fingerprint density at radius 1 is 1.47 bits per heavy atom. The quantitative estimate of drug-likeness (QED) is 0.431. The van der Waals surface area contributed by atoms with E-state index in [2.05, 4.69) is 16.0 Å². The molecule has 3 atom stereocenters. The van der Waals surface area contributed by atoms with Crippen molar-refractivity contribution in [3.05, 3.63) is 0 Å². The molecule has 86 valence electrons. The number of aliphatic hydroxyl groups excluding tert-OH is 1. The lowest BCUT2D eigenvalue weighted by Gasteiger charge is -2.24. The van der Waals surface area contributed by atoms with Gasteiger partial charge < -0.3 is 21.1 Å². The third-order valence-corrected chi connectivity index (χ3v) is 2.54. The van der Waals surface area contributed by atoms with Crippen LogP contribution in [0.15, 0.2) is 0 Å². The van der Waals surface area contributed by atoms with E-state index in [0.717, 1.165) is 0 Å². The molecule has 1 rings (SSSR count). The zero-order valence-electron chi connectivity index (χ0n) is 8.91. The Bertz CT molecular complexity index is 257. The average Bonchev–Trinajstić information content (AvgIpc) is 2.59. The molecule has 0 spiro atoms. The molecule has 1 saturated heterocycles. The fourth-order valence-corrected chi connectivity index (χ4v) is 1.77. The van der Waals surface area contributed by atoms with Crippen LogP contribution in [-0.2, 0) is 9.59 Å². The van der Waals surface area contributed by atoms with Gasteiger partial charge in [-0.25, -0.2) is 0 Å². The Balaban J connectivity index is 2.70. The van der Waals surface area contributed by atoms with Crippen LogP contribution in [0.4, 0.5) is 0 Å². The van der Waals surface area contributed by atoms with Crippen molar-refractivity contribution in [1.29, 1.82) is 0 Å². The summed E-state index contributed by atoms with van der Waals surface area (Å²) >= 11 is 0. The van der Waals surface area contributed by atoms with Gasteiger partial charge in [-0.05, 0) is 0 Å². The van der Waals surface area contributed by atoms with E-state index < -0.39 is 12.1 Å². The summed E-state index contributed by atoms with van der Waals surface area (Å²) in [5.41, 5.74) is 0. The van der Waals surface area contributed by atoms with Gasteiger partial charge >= 0.3 is 0 Å². The number of nitrogens with one attached hydrogen (secondary N) is 3. The molecule has 0 unspecified atom stereocenters. The first kappa shape index (κ1) is 11.9. The van der Waals surface area contributed by atoms with E-state index >= 15 is 0 Å². The Labute approximate surface area is 88.4 Å². The SMILES string of the molecule is CNC(=O)[C@H](NC(C)=O)[C@@H]1CNC[C@@H]1O. The fraction of sp³-hybridized carbons (Fsp3) is 0.778. The van der Waals surface area contributed by atoms with Crippen molar-refractivity contribution in [3.63, 3.8) is 0 Å². The fourth-order valence-electron chi connectivity index (χ4n) is 1.77. The molecule has 0 radical (unpaired) electrons. The summed E-state index contributed by atoms with van der Waals surface area (Å²) in [5.74, 6) is -0.825. The summed E-state index contributed by atoms with van der Waals surface area (Å²) < 4.78 is 0. The molecule has 15 heavy (non-hydrogen) atoms. The first-order valence-electron chi connectivity index (χ1n) is 4.93. The van der Waals surface area contributed by atoms with E-state index in [9.17, 15) is 14.7 Å². The Kier molecular flexibility index (Phi) is 4.05. The maximum atomic E-state index is 11.5. The van der Waals surface area contributed by atoms with Gasteiger partial charge in [0.2, 0.25) is 11.8 Å². The van der Waals surface area contributed by atoms with Crippen LogP contribution in [0.1, 0.15) is 6.92 Å². The van der Waals surface area contributed by atoms with Crippen LogP contribution in [0.25, 0.3) is 0 Å². The molecular formula is C9H17N3O3. The molecule has 6 heteroatoms. The molecule has 2 amide bonds. The topological polar surface area (TPSA) is 90.5 Å². The molecule has 0 aromatic heterocycles. The summed E-state index contributed by atoms with van der Waals surface area (Å²) in [5, 5.41) is 17.6. The minimum Gasteiger partial charge on any atom is -0.391 e. The standard InChI is InChI=1S/C9H17N3O3/c1-5(13)12-8(9(15)10-2)6-3-11-4-7(6)14/h6-8,11,14H,3-4H2,1-2H3,(H,10,15)(H,12,13)/t6-,7+,8-/m1/s1. The molecule has 1 aliphatic heterocycles. The molecule has 0 aromatic carbocycles. The van der Waals surface area contributed by atoms with Crippen LogP contribution in [-0.4, -0.2) is 49.2 Å². The van der Waals surface area contributed by atoms with E-state index in [1.54, 1.807) is 0 Å². The van der Waals surface area contributed by atoms with E-state index in [4.69, 9.17) is 0 Å². The van der Waals surface area contributed by atoms with Crippen molar-refractivity contribution in [2.24, 2.45) is 5.92 Å². The highest BCUT2D eigenvalue weighted by molar-refractivity contribution is 5.87. The zero-order chi connectivity index (χ0) is 11.4. The molecule has 0 aromatic rings. The normalized spacial score (nSPS) is 27.1. The average molecular weight is 215 g/mol. The van der Waals surface area contributed by atoms with Crippen LogP contribution in [0.5, 0.6) is 0 Å². The van der Waals surface area contributed by atoms with Crippen molar-refractivity contribution in [1.82, 2.24) is 16.0 Å². The van der Waals surface area contributed by atoms with Crippen LogP contribution >= 0.6 is 0 Å². The number of likely N-dealkylation sites (N-methyl/N-ethyl adjacent to an activating group) is 1. The van der Waals surface area contributed by atoms with E-state index in [1.807, 2.05) is 0 Å². The largest absolute Gasteiger partial charge is 0.391 e. The number of carbonyl (C=O) groups is 2. The lowest BCUT2D eigenvalue weighted by Crippen LogP contribution is -2.52. The van der Waals surface area contributed by atoms with Gasteiger partial charge in [-0.3, -0.25) is 9.59 Å². The predicted molar refractivity (Wildman–Crippen MR) is 54.0 cm³/mol. The number of aliphatic hydroxyl groups is 1. The highest BCUT2D eigenvalue weighted by Crippen LogP contribution is 2.14. The monoisotopic (exact) mass is 215 g/mol. The Morgan fingerprint density at radius 2 is 2.13 bits per heavy atom. The van der Waals surface area contributed by atoms with E-state index in [-0.39, 0.29) is 17.7 Å². The van der Waals surface area contributed by atoms with E-state index in [1.165, 1.54) is 14.0 Å². The van der Waals surface area contributed by atoms with Gasteiger partial charge in [0.15, 0.2) is 0 Å². The molecule has 0 saturated carbocycles.